The smallest absolute Gasteiger partial charge is 0.270 e. The summed E-state index contributed by atoms with van der Waals surface area (Å²) in [5.74, 6) is 0.924. The van der Waals surface area contributed by atoms with Crippen molar-refractivity contribution in [2.45, 2.75) is 26.2 Å². The van der Waals surface area contributed by atoms with Crippen molar-refractivity contribution in [1.29, 1.82) is 0 Å². The molecule has 33 heavy (non-hydrogen) atoms. The topological polar surface area (TPSA) is 58.6 Å². The summed E-state index contributed by atoms with van der Waals surface area (Å²) in [4.78, 5) is 28.0. The molecule has 0 radical (unpaired) electrons. The zero-order chi connectivity index (χ0) is 23.0. The lowest BCUT2D eigenvalue weighted by Gasteiger charge is -2.27. The van der Waals surface area contributed by atoms with Gasteiger partial charge in [0.05, 0.1) is 0 Å². The first-order chi connectivity index (χ1) is 16.1. The minimum Gasteiger partial charge on any atom is -0.457 e. The minimum absolute atomic E-state index is 0.162. The fraction of sp³-hybridized carbons (Fsp3) is 0.214. The third-order valence-corrected chi connectivity index (χ3v) is 5.58. The van der Waals surface area contributed by atoms with Crippen LogP contribution < -0.4 is 10.1 Å². The summed E-state index contributed by atoms with van der Waals surface area (Å²) < 4.78 is 5.93. The Bertz CT molecular complexity index is 1130. The molecule has 168 valence electrons. The first-order valence-electron chi connectivity index (χ1n) is 11.3. The number of rotatable bonds is 6. The van der Waals surface area contributed by atoms with Crippen LogP contribution in [0.1, 0.15) is 40.7 Å². The number of amides is 2. The van der Waals surface area contributed by atoms with Gasteiger partial charge in [0.2, 0.25) is 0 Å². The van der Waals surface area contributed by atoms with E-state index in [-0.39, 0.29) is 17.5 Å². The molecule has 1 saturated heterocycles. The number of para-hydroxylation sites is 1. The lowest BCUT2D eigenvalue weighted by atomic mass is 10.1. The van der Waals surface area contributed by atoms with Crippen LogP contribution in [0.25, 0.3) is 6.08 Å². The molecule has 0 aromatic heterocycles. The number of hydrogen-bond donors (Lipinski definition) is 1. The molecule has 1 N–H and O–H groups in total. The Balaban J connectivity index is 1.60. The van der Waals surface area contributed by atoms with Crippen molar-refractivity contribution < 1.29 is 14.3 Å². The average molecular weight is 441 g/mol. The van der Waals surface area contributed by atoms with E-state index in [9.17, 15) is 9.59 Å². The van der Waals surface area contributed by atoms with Gasteiger partial charge in [-0.05, 0) is 74.2 Å². The molecule has 1 aliphatic heterocycles. The quantitative estimate of drug-likeness (QED) is 0.510. The Labute approximate surface area is 194 Å². The van der Waals surface area contributed by atoms with Crippen LogP contribution in [-0.4, -0.2) is 29.8 Å². The van der Waals surface area contributed by atoms with Crippen LogP contribution in [0.2, 0.25) is 0 Å². The number of nitrogens with one attached hydrogen (secondary N) is 1. The van der Waals surface area contributed by atoms with Crippen LogP contribution in [0.4, 0.5) is 0 Å². The van der Waals surface area contributed by atoms with E-state index in [1.807, 2.05) is 78.6 Å². The highest BCUT2D eigenvalue weighted by Crippen LogP contribution is 2.23. The maximum atomic E-state index is 13.3. The Morgan fingerprint density at radius 3 is 2.27 bits per heavy atom. The second-order valence-electron chi connectivity index (χ2n) is 8.22. The Morgan fingerprint density at radius 1 is 0.848 bits per heavy atom. The van der Waals surface area contributed by atoms with Gasteiger partial charge in [0.1, 0.15) is 17.2 Å². The molecule has 5 nitrogen and oxygen atoms in total. The molecule has 4 rings (SSSR count). The fourth-order valence-corrected chi connectivity index (χ4v) is 3.78. The molecule has 3 aromatic carbocycles. The van der Waals surface area contributed by atoms with Crippen LogP contribution >= 0.6 is 0 Å². The van der Waals surface area contributed by atoms with Gasteiger partial charge in [0.15, 0.2) is 0 Å². The van der Waals surface area contributed by atoms with Gasteiger partial charge in [-0.15, -0.1) is 0 Å². The van der Waals surface area contributed by atoms with Crippen molar-refractivity contribution in [3.63, 3.8) is 0 Å². The Morgan fingerprint density at radius 2 is 1.55 bits per heavy atom. The second kappa shape index (κ2) is 10.6. The number of benzene rings is 3. The number of carbonyl (C=O) groups excluding carboxylic acids is 2. The summed E-state index contributed by atoms with van der Waals surface area (Å²) in [6.07, 6.45) is 4.80. The molecule has 0 spiro atoms. The van der Waals surface area contributed by atoms with Gasteiger partial charge in [-0.3, -0.25) is 9.59 Å². The maximum Gasteiger partial charge on any atom is 0.270 e. The summed E-state index contributed by atoms with van der Waals surface area (Å²) in [5.41, 5.74) is 2.62. The van der Waals surface area contributed by atoms with Gasteiger partial charge in [-0.25, -0.2) is 0 Å². The largest absolute Gasteiger partial charge is 0.457 e. The molecular weight excluding hydrogens is 412 g/mol. The molecule has 1 fully saturated rings. The molecule has 2 amide bonds. The van der Waals surface area contributed by atoms with Crippen molar-refractivity contribution in [2.75, 3.05) is 13.1 Å². The molecule has 1 aliphatic rings. The van der Waals surface area contributed by atoms with Gasteiger partial charge in [0, 0.05) is 18.7 Å². The first-order valence-corrected chi connectivity index (χ1v) is 11.3. The number of carbonyl (C=O) groups is 2. The lowest BCUT2D eigenvalue weighted by Crippen LogP contribution is -2.41. The zero-order valence-electron chi connectivity index (χ0n) is 18.8. The van der Waals surface area contributed by atoms with E-state index in [0.717, 1.165) is 36.1 Å². The molecule has 0 unspecified atom stereocenters. The molecular formula is C28H28N2O3. The van der Waals surface area contributed by atoms with Gasteiger partial charge < -0.3 is 15.0 Å². The van der Waals surface area contributed by atoms with E-state index >= 15 is 0 Å². The van der Waals surface area contributed by atoms with Gasteiger partial charge in [-0.2, -0.15) is 0 Å². The van der Waals surface area contributed by atoms with E-state index in [0.29, 0.717) is 24.4 Å². The van der Waals surface area contributed by atoms with Crippen molar-refractivity contribution in [1.82, 2.24) is 10.2 Å². The highest BCUT2D eigenvalue weighted by molar-refractivity contribution is 6.05. The van der Waals surface area contributed by atoms with Crippen molar-refractivity contribution in [3.05, 3.63) is 101 Å². The number of likely N-dealkylation sites (tertiary alicyclic amines) is 1. The Kier molecular flexibility index (Phi) is 7.20. The SMILES string of the molecule is Cc1ccc(C(=O)N/C(=C\c2cccc(Oc3ccccc3)c2)C(=O)N2CCCCC2)cc1. The summed E-state index contributed by atoms with van der Waals surface area (Å²) in [7, 11) is 0. The summed E-state index contributed by atoms with van der Waals surface area (Å²) in [5, 5.41) is 2.86. The highest BCUT2D eigenvalue weighted by atomic mass is 16.5. The predicted octanol–water partition coefficient (Wildman–Crippen LogP) is 5.57. The fourth-order valence-electron chi connectivity index (χ4n) is 3.78. The van der Waals surface area contributed by atoms with Crippen LogP contribution in [-0.2, 0) is 4.79 Å². The van der Waals surface area contributed by atoms with Gasteiger partial charge >= 0.3 is 0 Å². The number of piperidine rings is 1. The van der Waals surface area contributed by atoms with E-state index in [1.165, 1.54) is 0 Å². The van der Waals surface area contributed by atoms with Crippen molar-refractivity contribution in [2.24, 2.45) is 0 Å². The molecule has 1 heterocycles. The van der Waals surface area contributed by atoms with Crippen LogP contribution in [0.15, 0.2) is 84.6 Å². The van der Waals surface area contributed by atoms with E-state index in [2.05, 4.69) is 5.32 Å². The summed E-state index contributed by atoms with van der Waals surface area (Å²) in [6.45, 7) is 3.37. The molecule has 0 saturated carbocycles. The molecule has 0 atom stereocenters. The summed E-state index contributed by atoms with van der Waals surface area (Å²) >= 11 is 0. The number of hydrogen-bond acceptors (Lipinski definition) is 3. The van der Waals surface area contributed by atoms with Crippen LogP contribution in [0.5, 0.6) is 11.5 Å². The average Bonchev–Trinajstić information content (AvgIpc) is 2.85. The minimum atomic E-state index is -0.303. The third-order valence-electron chi connectivity index (χ3n) is 5.58. The van der Waals surface area contributed by atoms with Crippen LogP contribution in [0.3, 0.4) is 0 Å². The summed E-state index contributed by atoms with van der Waals surface area (Å²) in [6, 6.07) is 24.3. The number of nitrogens with zero attached hydrogens (tertiary/aromatic N) is 1. The maximum absolute atomic E-state index is 13.3. The third kappa shape index (κ3) is 6.10. The number of aryl methyl sites for hydroxylation is 1. The zero-order valence-corrected chi connectivity index (χ0v) is 18.8. The molecule has 3 aromatic rings. The van der Waals surface area contributed by atoms with Crippen molar-refractivity contribution >= 4 is 17.9 Å². The number of ether oxygens (including phenoxy) is 1. The molecule has 0 bridgehead atoms. The standard InChI is InChI=1S/C28H28N2O3/c1-21-13-15-23(16-14-21)27(31)29-26(28(32)30-17-6-3-7-18-30)20-22-9-8-12-25(19-22)33-24-10-4-2-5-11-24/h2,4-5,8-16,19-20H,3,6-7,17-18H2,1H3,(H,29,31)/b26-20-. The first kappa shape index (κ1) is 22.3. The highest BCUT2D eigenvalue weighted by Gasteiger charge is 2.22. The van der Waals surface area contributed by atoms with Crippen LogP contribution in [0, 0.1) is 6.92 Å². The Hall–Kier alpha value is -3.86. The second-order valence-corrected chi connectivity index (χ2v) is 8.22. The predicted molar refractivity (Wildman–Crippen MR) is 130 cm³/mol. The lowest BCUT2D eigenvalue weighted by molar-refractivity contribution is -0.128. The molecule has 5 heteroatoms. The van der Waals surface area contributed by atoms with E-state index in [1.54, 1.807) is 18.2 Å². The monoisotopic (exact) mass is 440 g/mol. The molecule has 0 aliphatic carbocycles. The normalized spacial score (nSPS) is 14.0. The van der Waals surface area contributed by atoms with E-state index < -0.39 is 0 Å². The van der Waals surface area contributed by atoms with E-state index in [4.69, 9.17) is 4.74 Å². The van der Waals surface area contributed by atoms with Crippen molar-refractivity contribution in [3.8, 4) is 11.5 Å². The van der Waals surface area contributed by atoms with Gasteiger partial charge in [-0.1, -0.05) is 48.0 Å². The van der Waals surface area contributed by atoms with Gasteiger partial charge in [0.25, 0.3) is 11.8 Å².